The topological polar surface area (TPSA) is 42.5 Å². The summed E-state index contributed by atoms with van der Waals surface area (Å²) in [5.41, 5.74) is 0. The summed E-state index contributed by atoms with van der Waals surface area (Å²) in [6.45, 7) is 9.25. The summed E-state index contributed by atoms with van der Waals surface area (Å²) in [4.78, 5) is 0. The van der Waals surface area contributed by atoms with E-state index in [1.807, 2.05) is 0 Å². The van der Waals surface area contributed by atoms with Gasteiger partial charge in [-0.2, -0.15) is 0 Å². The van der Waals surface area contributed by atoms with Gasteiger partial charge in [-0.3, -0.25) is 0 Å². The molecule has 0 aromatic carbocycles. The molecule has 0 aliphatic rings. The molecule has 0 radical (unpaired) electrons. The van der Waals surface area contributed by atoms with Crippen LogP contribution in [0.1, 0.15) is 26.7 Å². The standard InChI is InChI=1S/C11H24N2O2.W/c1-3-7-14-9-5-12-11-13-6-10-15-8-4-2;/h12-13H,3-10H2,1-2H3;. The number of hydrogen-bond donors (Lipinski definition) is 2. The fraction of sp³-hybridized carbons (Fsp3) is 0.909. The van der Waals surface area contributed by atoms with Gasteiger partial charge in [-0.1, -0.05) is 0 Å². The second-order valence-corrected chi connectivity index (χ2v) is 4.87. The molecule has 0 saturated carbocycles. The average molecular weight is 400 g/mol. The summed E-state index contributed by atoms with van der Waals surface area (Å²) in [5.74, 6) is 0. The van der Waals surface area contributed by atoms with Gasteiger partial charge >= 0.3 is 110 Å². The molecule has 0 bridgehead atoms. The zero-order valence-corrected chi connectivity index (χ0v) is 13.3. The fourth-order valence-corrected chi connectivity index (χ4v) is 1.76. The van der Waals surface area contributed by atoms with Crippen molar-refractivity contribution >= 4 is 4.15 Å². The molecule has 0 saturated heterocycles. The summed E-state index contributed by atoms with van der Waals surface area (Å²) < 4.78 is 11.9. The maximum atomic E-state index is 5.37. The third-order valence-electron chi connectivity index (χ3n) is 1.76. The monoisotopic (exact) mass is 400 g/mol. The Morgan fingerprint density at radius 1 is 0.875 bits per heavy atom. The van der Waals surface area contributed by atoms with Crippen LogP contribution in [0, 0.1) is 0 Å². The molecule has 0 spiro atoms. The van der Waals surface area contributed by atoms with Crippen molar-refractivity contribution in [2.75, 3.05) is 39.5 Å². The van der Waals surface area contributed by atoms with Gasteiger partial charge in [0.1, 0.15) is 0 Å². The van der Waals surface area contributed by atoms with E-state index in [0.717, 1.165) is 52.4 Å². The maximum absolute atomic E-state index is 5.37. The van der Waals surface area contributed by atoms with E-state index in [4.69, 9.17) is 9.47 Å². The van der Waals surface area contributed by atoms with Crippen LogP contribution in [0.5, 0.6) is 0 Å². The van der Waals surface area contributed by atoms with Crippen molar-refractivity contribution in [2.45, 2.75) is 26.7 Å². The zero-order valence-electron chi connectivity index (χ0n) is 10.4. The third kappa shape index (κ3) is 12.5. The van der Waals surface area contributed by atoms with Gasteiger partial charge in [0.2, 0.25) is 0 Å². The number of nitrogens with one attached hydrogen (secondary N) is 2. The Balaban J connectivity index is 3.12. The molecule has 0 aromatic heterocycles. The summed E-state index contributed by atoms with van der Waals surface area (Å²) in [6.07, 6.45) is 2.17. The quantitative estimate of drug-likeness (QED) is 0.473. The van der Waals surface area contributed by atoms with Crippen LogP contribution in [-0.4, -0.2) is 43.7 Å². The van der Waals surface area contributed by atoms with Crippen LogP contribution in [0.2, 0.25) is 0 Å². The van der Waals surface area contributed by atoms with E-state index in [9.17, 15) is 0 Å². The predicted molar refractivity (Wildman–Crippen MR) is 63.2 cm³/mol. The van der Waals surface area contributed by atoms with Crippen molar-refractivity contribution in [1.29, 1.82) is 0 Å². The molecule has 4 nitrogen and oxygen atoms in total. The first-order valence-electron chi connectivity index (χ1n) is 5.98. The molecule has 0 amide bonds. The van der Waals surface area contributed by atoms with Gasteiger partial charge in [-0.15, -0.1) is 0 Å². The summed E-state index contributed by atoms with van der Waals surface area (Å²) >= 11 is 1.42. The Hall–Kier alpha value is 0.398. The SMILES string of the molecule is CCCOCCN[C](=[W])NCCOCCC. The normalized spacial score (nSPS) is 10.6. The molecular formula is C11H24N2O2W. The van der Waals surface area contributed by atoms with Crippen LogP contribution in [-0.2, 0) is 28.8 Å². The van der Waals surface area contributed by atoms with Crippen molar-refractivity contribution < 1.29 is 28.8 Å². The predicted octanol–water partition coefficient (Wildman–Crippen LogP) is 0.653. The fourth-order valence-electron chi connectivity index (χ4n) is 1.03. The molecule has 16 heavy (non-hydrogen) atoms. The van der Waals surface area contributed by atoms with Gasteiger partial charge in [-0.05, 0) is 0 Å². The second kappa shape index (κ2) is 13.5. The van der Waals surface area contributed by atoms with Gasteiger partial charge in [0.05, 0.1) is 0 Å². The van der Waals surface area contributed by atoms with Crippen molar-refractivity contribution in [2.24, 2.45) is 0 Å². The summed E-state index contributed by atoms with van der Waals surface area (Å²) in [7, 11) is 0. The van der Waals surface area contributed by atoms with Gasteiger partial charge in [0.25, 0.3) is 0 Å². The van der Waals surface area contributed by atoms with Gasteiger partial charge in [0.15, 0.2) is 0 Å². The van der Waals surface area contributed by atoms with E-state index >= 15 is 0 Å². The number of rotatable bonds is 12. The molecular weight excluding hydrogens is 376 g/mol. The Bertz CT molecular complexity index is 152. The molecule has 0 heterocycles. The zero-order chi connectivity index (χ0) is 12.1. The van der Waals surface area contributed by atoms with Crippen LogP contribution in [0.4, 0.5) is 0 Å². The van der Waals surface area contributed by atoms with Crippen molar-refractivity contribution in [3.63, 3.8) is 0 Å². The van der Waals surface area contributed by atoms with E-state index < -0.39 is 0 Å². The Morgan fingerprint density at radius 3 is 1.69 bits per heavy atom. The first-order valence-corrected chi connectivity index (χ1v) is 7.45. The van der Waals surface area contributed by atoms with Gasteiger partial charge in [0, 0.05) is 0 Å². The van der Waals surface area contributed by atoms with E-state index in [1.165, 1.54) is 23.5 Å². The Labute approximate surface area is 110 Å². The molecule has 0 aliphatic carbocycles. The van der Waals surface area contributed by atoms with Crippen LogP contribution in [0.15, 0.2) is 0 Å². The molecule has 0 unspecified atom stereocenters. The molecule has 0 aliphatic heterocycles. The van der Waals surface area contributed by atoms with Crippen LogP contribution < -0.4 is 10.6 Å². The number of hydrogen-bond acceptors (Lipinski definition) is 4. The molecule has 0 rings (SSSR count). The summed E-state index contributed by atoms with van der Waals surface area (Å²) in [5, 5.41) is 6.59. The van der Waals surface area contributed by atoms with Crippen molar-refractivity contribution in [1.82, 2.24) is 10.6 Å². The molecule has 0 fully saturated rings. The molecule has 96 valence electrons. The van der Waals surface area contributed by atoms with Crippen LogP contribution in [0.25, 0.3) is 0 Å². The van der Waals surface area contributed by atoms with Crippen LogP contribution in [0.3, 0.4) is 0 Å². The van der Waals surface area contributed by atoms with E-state index in [-0.39, 0.29) is 0 Å². The minimum absolute atomic E-state index is 0.776. The average Bonchev–Trinajstić information content (AvgIpc) is 2.28. The molecule has 5 heteroatoms. The molecule has 2 N–H and O–H groups in total. The van der Waals surface area contributed by atoms with Crippen LogP contribution >= 0.6 is 0 Å². The summed E-state index contributed by atoms with van der Waals surface area (Å²) in [6, 6.07) is 0. The van der Waals surface area contributed by atoms with Crippen molar-refractivity contribution in [3.05, 3.63) is 0 Å². The minimum atomic E-state index is 0.776. The molecule has 0 aromatic rings. The first-order chi connectivity index (χ1) is 7.81. The second-order valence-electron chi connectivity index (χ2n) is 3.41. The van der Waals surface area contributed by atoms with Crippen molar-refractivity contribution in [3.8, 4) is 0 Å². The van der Waals surface area contributed by atoms with E-state index in [2.05, 4.69) is 24.5 Å². The Morgan fingerprint density at radius 2 is 1.31 bits per heavy atom. The van der Waals surface area contributed by atoms with Gasteiger partial charge < -0.3 is 0 Å². The van der Waals surface area contributed by atoms with E-state index in [0.29, 0.717) is 0 Å². The van der Waals surface area contributed by atoms with Gasteiger partial charge in [-0.25, -0.2) is 0 Å². The van der Waals surface area contributed by atoms with E-state index in [1.54, 1.807) is 0 Å². The third-order valence-corrected chi connectivity index (χ3v) is 2.80. The Kier molecular flexibility index (Phi) is 13.8. The molecule has 0 atom stereocenters. The number of ether oxygens (including phenoxy) is 2. The first kappa shape index (κ1) is 16.4.